The molecule has 1 atom stereocenters. The molecule has 1 fully saturated rings. The standard InChI is InChI=1S/C13H19BrN2O/c1-13(10-17,16-8-6-15-7-9-16)11-2-4-12(14)5-3-11/h2-5,15,17H,6-10H2,1H3. The van der Waals surface area contributed by atoms with Crippen LogP contribution in [0.1, 0.15) is 12.5 Å². The van der Waals surface area contributed by atoms with Crippen molar-refractivity contribution in [2.45, 2.75) is 12.5 Å². The fourth-order valence-corrected chi connectivity index (χ4v) is 2.61. The number of aliphatic hydroxyl groups excluding tert-OH is 1. The van der Waals surface area contributed by atoms with Gasteiger partial charge in [0.05, 0.1) is 12.1 Å². The van der Waals surface area contributed by atoms with Gasteiger partial charge in [0.1, 0.15) is 0 Å². The Morgan fingerprint density at radius 1 is 1.29 bits per heavy atom. The van der Waals surface area contributed by atoms with Crippen molar-refractivity contribution in [1.29, 1.82) is 0 Å². The summed E-state index contributed by atoms with van der Waals surface area (Å²) in [6.07, 6.45) is 0. The van der Waals surface area contributed by atoms with Crippen molar-refractivity contribution in [3.8, 4) is 0 Å². The number of hydrogen-bond acceptors (Lipinski definition) is 3. The molecule has 0 aromatic heterocycles. The highest BCUT2D eigenvalue weighted by Crippen LogP contribution is 2.29. The number of halogens is 1. The van der Waals surface area contributed by atoms with Crippen LogP contribution in [0.5, 0.6) is 0 Å². The lowest BCUT2D eigenvalue weighted by Crippen LogP contribution is -2.54. The molecule has 3 nitrogen and oxygen atoms in total. The molecule has 1 heterocycles. The summed E-state index contributed by atoms with van der Waals surface area (Å²) in [6, 6.07) is 8.24. The highest BCUT2D eigenvalue weighted by molar-refractivity contribution is 9.10. The molecule has 0 amide bonds. The van der Waals surface area contributed by atoms with Gasteiger partial charge in [-0.25, -0.2) is 0 Å². The van der Waals surface area contributed by atoms with Crippen molar-refractivity contribution in [1.82, 2.24) is 10.2 Å². The topological polar surface area (TPSA) is 35.5 Å². The maximum atomic E-state index is 9.79. The molecule has 1 aromatic rings. The number of hydrogen-bond donors (Lipinski definition) is 2. The van der Waals surface area contributed by atoms with E-state index in [0.29, 0.717) is 0 Å². The Labute approximate surface area is 111 Å². The molecular weight excluding hydrogens is 280 g/mol. The van der Waals surface area contributed by atoms with E-state index in [4.69, 9.17) is 0 Å². The van der Waals surface area contributed by atoms with E-state index in [9.17, 15) is 5.11 Å². The number of benzene rings is 1. The van der Waals surface area contributed by atoms with E-state index in [-0.39, 0.29) is 12.1 Å². The molecule has 1 aliphatic heterocycles. The van der Waals surface area contributed by atoms with E-state index in [1.54, 1.807) is 0 Å². The fraction of sp³-hybridized carbons (Fsp3) is 0.538. The molecule has 0 saturated carbocycles. The van der Waals surface area contributed by atoms with E-state index in [1.807, 2.05) is 12.1 Å². The first-order valence-electron chi connectivity index (χ1n) is 5.99. The quantitative estimate of drug-likeness (QED) is 0.889. The van der Waals surface area contributed by atoms with Crippen molar-refractivity contribution >= 4 is 15.9 Å². The Morgan fingerprint density at radius 2 is 1.88 bits per heavy atom. The molecule has 1 aliphatic rings. The van der Waals surface area contributed by atoms with Gasteiger partial charge < -0.3 is 10.4 Å². The molecular formula is C13H19BrN2O. The number of nitrogens with one attached hydrogen (secondary N) is 1. The maximum absolute atomic E-state index is 9.79. The van der Waals surface area contributed by atoms with Gasteiger partial charge in [-0.15, -0.1) is 0 Å². The average Bonchev–Trinajstić information content (AvgIpc) is 2.40. The minimum absolute atomic E-state index is 0.147. The SMILES string of the molecule is CC(CO)(c1ccc(Br)cc1)N1CCNCC1. The first-order chi connectivity index (χ1) is 8.16. The zero-order chi connectivity index (χ0) is 12.3. The maximum Gasteiger partial charge on any atom is 0.0666 e. The van der Waals surface area contributed by atoms with Gasteiger partial charge in [0.25, 0.3) is 0 Å². The number of nitrogens with zero attached hydrogens (tertiary/aromatic N) is 1. The van der Waals surface area contributed by atoms with Gasteiger partial charge in [0.15, 0.2) is 0 Å². The summed E-state index contributed by atoms with van der Waals surface area (Å²) in [5.74, 6) is 0. The molecule has 2 rings (SSSR count). The van der Waals surface area contributed by atoms with Crippen LogP contribution in [-0.2, 0) is 5.54 Å². The molecule has 2 N–H and O–H groups in total. The zero-order valence-electron chi connectivity index (χ0n) is 10.1. The van der Waals surface area contributed by atoms with Gasteiger partial charge in [-0.1, -0.05) is 28.1 Å². The summed E-state index contributed by atoms with van der Waals surface area (Å²) in [6.45, 7) is 6.20. The van der Waals surface area contributed by atoms with Gasteiger partial charge in [0, 0.05) is 30.7 Å². The summed E-state index contributed by atoms with van der Waals surface area (Å²) in [7, 11) is 0. The molecule has 4 heteroatoms. The van der Waals surface area contributed by atoms with Crippen LogP contribution in [0, 0.1) is 0 Å². The summed E-state index contributed by atoms with van der Waals surface area (Å²) in [5, 5.41) is 13.1. The highest BCUT2D eigenvalue weighted by Gasteiger charge is 2.33. The molecule has 0 spiro atoms. The van der Waals surface area contributed by atoms with E-state index < -0.39 is 0 Å². The van der Waals surface area contributed by atoms with E-state index in [1.165, 1.54) is 5.56 Å². The number of aliphatic hydroxyl groups is 1. The van der Waals surface area contributed by atoms with Gasteiger partial charge in [-0.3, -0.25) is 4.90 Å². The lowest BCUT2D eigenvalue weighted by atomic mass is 9.90. The predicted octanol–water partition coefficient (Wildman–Crippen LogP) is 1.56. The smallest absolute Gasteiger partial charge is 0.0666 e. The molecule has 1 saturated heterocycles. The fourth-order valence-electron chi connectivity index (χ4n) is 2.34. The van der Waals surface area contributed by atoms with Gasteiger partial charge in [0.2, 0.25) is 0 Å². The van der Waals surface area contributed by atoms with E-state index in [2.05, 4.69) is 45.2 Å². The van der Waals surface area contributed by atoms with Crippen molar-refractivity contribution in [3.63, 3.8) is 0 Å². The molecule has 17 heavy (non-hydrogen) atoms. The van der Waals surface area contributed by atoms with Crippen LogP contribution in [0.3, 0.4) is 0 Å². The van der Waals surface area contributed by atoms with Crippen molar-refractivity contribution < 1.29 is 5.11 Å². The Kier molecular flexibility index (Phi) is 4.20. The molecule has 0 bridgehead atoms. The second-order valence-electron chi connectivity index (χ2n) is 4.68. The van der Waals surface area contributed by atoms with Crippen LogP contribution in [0.15, 0.2) is 28.7 Å². The monoisotopic (exact) mass is 298 g/mol. The Balaban J connectivity index is 2.25. The Morgan fingerprint density at radius 3 is 2.41 bits per heavy atom. The van der Waals surface area contributed by atoms with E-state index in [0.717, 1.165) is 30.7 Å². The zero-order valence-corrected chi connectivity index (χ0v) is 11.7. The molecule has 1 aromatic carbocycles. The summed E-state index contributed by atoms with van der Waals surface area (Å²) in [4.78, 5) is 2.35. The van der Waals surface area contributed by atoms with Crippen LogP contribution in [0.2, 0.25) is 0 Å². The van der Waals surface area contributed by atoms with Crippen LogP contribution in [0.25, 0.3) is 0 Å². The normalized spacial score (nSPS) is 21.1. The third-order valence-electron chi connectivity index (χ3n) is 3.59. The molecule has 0 radical (unpaired) electrons. The predicted molar refractivity (Wildman–Crippen MR) is 73.0 cm³/mol. The van der Waals surface area contributed by atoms with Crippen LogP contribution < -0.4 is 5.32 Å². The third-order valence-corrected chi connectivity index (χ3v) is 4.12. The third kappa shape index (κ3) is 2.71. The summed E-state index contributed by atoms with van der Waals surface area (Å²) in [5.41, 5.74) is 0.896. The Hall–Kier alpha value is -0.420. The largest absolute Gasteiger partial charge is 0.394 e. The van der Waals surface area contributed by atoms with Crippen LogP contribution >= 0.6 is 15.9 Å². The Bertz CT molecular complexity index is 362. The van der Waals surface area contributed by atoms with Crippen molar-refractivity contribution in [3.05, 3.63) is 34.3 Å². The highest BCUT2D eigenvalue weighted by atomic mass is 79.9. The molecule has 0 aliphatic carbocycles. The van der Waals surface area contributed by atoms with Crippen molar-refractivity contribution in [2.75, 3.05) is 32.8 Å². The number of piperazine rings is 1. The lowest BCUT2D eigenvalue weighted by molar-refractivity contribution is 0.0311. The van der Waals surface area contributed by atoms with Gasteiger partial charge in [-0.05, 0) is 24.6 Å². The van der Waals surface area contributed by atoms with Crippen LogP contribution in [-0.4, -0.2) is 42.8 Å². The molecule has 94 valence electrons. The minimum Gasteiger partial charge on any atom is -0.394 e. The molecule has 1 unspecified atom stereocenters. The first-order valence-corrected chi connectivity index (χ1v) is 6.79. The summed E-state index contributed by atoms with van der Waals surface area (Å²) < 4.78 is 1.07. The minimum atomic E-state index is -0.275. The summed E-state index contributed by atoms with van der Waals surface area (Å²) >= 11 is 3.44. The van der Waals surface area contributed by atoms with Gasteiger partial charge >= 0.3 is 0 Å². The average molecular weight is 299 g/mol. The van der Waals surface area contributed by atoms with Crippen molar-refractivity contribution in [2.24, 2.45) is 0 Å². The van der Waals surface area contributed by atoms with E-state index >= 15 is 0 Å². The lowest BCUT2D eigenvalue weighted by Gasteiger charge is -2.43. The second kappa shape index (κ2) is 5.48. The first kappa shape index (κ1) is 13.0. The number of rotatable bonds is 3. The second-order valence-corrected chi connectivity index (χ2v) is 5.59. The van der Waals surface area contributed by atoms with Gasteiger partial charge in [-0.2, -0.15) is 0 Å². The van der Waals surface area contributed by atoms with Crippen LogP contribution in [0.4, 0.5) is 0 Å².